The van der Waals surface area contributed by atoms with Crippen LogP contribution in [0.3, 0.4) is 0 Å². The fraction of sp³-hybridized carbons (Fsp3) is 0.458. The predicted octanol–water partition coefficient (Wildman–Crippen LogP) is 5.60. The number of carbonyl (C=O) groups is 1. The second-order valence-electron chi connectivity index (χ2n) is 9.72. The first-order valence-electron chi connectivity index (χ1n) is 10.8. The van der Waals surface area contributed by atoms with E-state index in [9.17, 15) is 4.79 Å². The van der Waals surface area contributed by atoms with Crippen molar-refractivity contribution >= 4 is 31.0 Å². The summed E-state index contributed by atoms with van der Waals surface area (Å²) in [6.07, 6.45) is 2.25. The summed E-state index contributed by atoms with van der Waals surface area (Å²) in [7, 11) is -1.82. The quantitative estimate of drug-likeness (QED) is 0.295. The first-order chi connectivity index (χ1) is 14.4. The van der Waals surface area contributed by atoms with Crippen molar-refractivity contribution in [3.63, 3.8) is 0 Å². The molecule has 2 heterocycles. The molecule has 0 unspecified atom stereocenters. The van der Waals surface area contributed by atoms with Crippen LogP contribution in [0.5, 0.6) is 0 Å². The van der Waals surface area contributed by atoms with Gasteiger partial charge in [-0.2, -0.15) is 0 Å². The Bertz CT molecular complexity index is 1100. The van der Waals surface area contributed by atoms with E-state index >= 15 is 0 Å². The summed E-state index contributed by atoms with van der Waals surface area (Å²) in [4.78, 5) is 21.5. The van der Waals surface area contributed by atoms with E-state index in [-0.39, 0.29) is 10.8 Å². The van der Waals surface area contributed by atoms with E-state index in [1.54, 1.807) is 6.92 Å². The highest BCUT2D eigenvalue weighted by Crippen LogP contribution is 2.38. The number of nitrogen functional groups attached to an aromatic ring is 1. The number of carbonyl (C=O) groups excluding carboxylic acids is 1. The number of hydrogen-bond donors (Lipinski definition) is 1. The minimum absolute atomic E-state index is 0.0155. The third kappa shape index (κ3) is 4.57. The van der Waals surface area contributed by atoms with Gasteiger partial charge in [0, 0.05) is 25.6 Å². The van der Waals surface area contributed by atoms with Crippen LogP contribution in [0.2, 0.25) is 18.1 Å². The van der Waals surface area contributed by atoms with Gasteiger partial charge in [0.25, 0.3) is 0 Å². The second kappa shape index (κ2) is 8.55. The maximum absolute atomic E-state index is 12.8. The van der Waals surface area contributed by atoms with Crippen LogP contribution in [0, 0.1) is 6.92 Å². The zero-order valence-electron chi connectivity index (χ0n) is 19.7. The van der Waals surface area contributed by atoms with Crippen molar-refractivity contribution in [3.8, 4) is 11.1 Å². The van der Waals surface area contributed by atoms with Gasteiger partial charge in [-0.1, -0.05) is 50.6 Å². The van der Waals surface area contributed by atoms with Crippen LogP contribution in [-0.4, -0.2) is 35.2 Å². The highest BCUT2D eigenvalue weighted by molar-refractivity contribution is 6.74. The van der Waals surface area contributed by atoms with E-state index in [1.165, 1.54) is 6.33 Å². The molecule has 2 aromatic heterocycles. The fourth-order valence-electron chi connectivity index (χ4n) is 3.54. The monoisotopic (exact) mass is 438 g/mol. The Balaban J connectivity index is 2.02. The molecule has 0 saturated heterocycles. The Kier molecular flexibility index (Phi) is 6.39. The van der Waals surface area contributed by atoms with E-state index in [2.05, 4.69) is 43.8 Å². The number of benzene rings is 1. The molecule has 6 nitrogen and oxygen atoms in total. The number of nitrogens with two attached hydrogens (primary N) is 1. The van der Waals surface area contributed by atoms with Gasteiger partial charge < -0.3 is 14.7 Å². The van der Waals surface area contributed by atoms with Crippen LogP contribution in [0.15, 0.2) is 30.6 Å². The lowest BCUT2D eigenvalue weighted by Crippen LogP contribution is -2.41. The first-order valence-corrected chi connectivity index (χ1v) is 13.7. The van der Waals surface area contributed by atoms with E-state index in [0.29, 0.717) is 30.3 Å². The Morgan fingerprint density at radius 2 is 1.81 bits per heavy atom. The Hall–Kier alpha value is -2.51. The predicted molar refractivity (Wildman–Crippen MR) is 130 cm³/mol. The normalized spacial score (nSPS) is 12.5. The molecule has 0 fully saturated rings. The maximum atomic E-state index is 12.8. The summed E-state index contributed by atoms with van der Waals surface area (Å²) < 4.78 is 8.33. The Morgan fingerprint density at radius 1 is 1.16 bits per heavy atom. The number of ketones is 1. The SMILES string of the molecule is CC(=O)c1c(-c2ccc(C)cc2)c2c(N)ncnc2n1CCCO[Si](C)(C)C(C)(C)C. The molecule has 0 bridgehead atoms. The van der Waals surface area contributed by atoms with Crippen molar-refractivity contribution in [1.29, 1.82) is 0 Å². The van der Waals surface area contributed by atoms with Crippen LogP contribution < -0.4 is 5.73 Å². The largest absolute Gasteiger partial charge is 0.417 e. The van der Waals surface area contributed by atoms with Gasteiger partial charge in [0.05, 0.1) is 11.1 Å². The molecule has 0 aliphatic heterocycles. The van der Waals surface area contributed by atoms with Gasteiger partial charge in [0.15, 0.2) is 14.1 Å². The van der Waals surface area contributed by atoms with Crippen molar-refractivity contribution in [2.24, 2.45) is 0 Å². The number of Topliss-reactive ketones (excluding diaryl/α,β-unsaturated/α-hetero) is 1. The second-order valence-corrected chi connectivity index (χ2v) is 14.5. The number of aryl methyl sites for hydroxylation is 2. The third-order valence-electron chi connectivity index (χ3n) is 6.34. The molecular formula is C24H34N4O2Si. The summed E-state index contributed by atoms with van der Waals surface area (Å²) in [5.41, 5.74) is 10.5. The van der Waals surface area contributed by atoms with Crippen molar-refractivity contribution in [2.45, 2.75) is 65.7 Å². The topological polar surface area (TPSA) is 83.0 Å². The highest BCUT2D eigenvalue weighted by Gasteiger charge is 2.36. The van der Waals surface area contributed by atoms with Crippen LogP contribution >= 0.6 is 0 Å². The highest BCUT2D eigenvalue weighted by atomic mass is 28.4. The maximum Gasteiger partial charge on any atom is 0.191 e. The zero-order valence-corrected chi connectivity index (χ0v) is 20.7. The molecule has 0 aliphatic carbocycles. The molecule has 0 radical (unpaired) electrons. The molecule has 0 spiro atoms. The molecule has 3 rings (SSSR count). The molecule has 166 valence electrons. The van der Waals surface area contributed by atoms with Crippen LogP contribution in [0.25, 0.3) is 22.2 Å². The van der Waals surface area contributed by atoms with Crippen molar-refractivity contribution in [1.82, 2.24) is 14.5 Å². The van der Waals surface area contributed by atoms with Gasteiger partial charge in [0.2, 0.25) is 0 Å². The lowest BCUT2D eigenvalue weighted by atomic mass is 10.00. The standard InChI is InChI=1S/C24H34N4O2Si/c1-16-9-11-18(12-10-16)19-20-22(25)26-15-27-23(20)28(21(19)17(2)29)13-8-14-30-31(6,7)24(3,4)5/h9-12,15H,8,13-14H2,1-7H3,(H2,25,26,27). The first kappa shape index (κ1) is 23.2. The van der Waals surface area contributed by atoms with Gasteiger partial charge in [0.1, 0.15) is 17.8 Å². The summed E-state index contributed by atoms with van der Waals surface area (Å²) in [6, 6.07) is 8.12. The molecule has 0 amide bonds. The number of rotatable bonds is 7. The van der Waals surface area contributed by atoms with E-state index in [1.807, 2.05) is 35.8 Å². The molecule has 0 saturated carbocycles. The smallest absolute Gasteiger partial charge is 0.191 e. The number of anilines is 1. The van der Waals surface area contributed by atoms with Gasteiger partial charge in [-0.15, -0.1) is 0 Å². The van der Waals surface area contributed by atoms with Crippen molar-refractivity contribution in [3.05, 3.63) is 41.9 Å². The van der Waals surface area contributed by atoms with E-state index < -0.39 is 8.32 Å². The summed E-state index contributed by atoms with van der Waals surface area (Å²) >= 11 is 0. The molecular weight excluding hydrogens is 404 g/mol. The van der Waals surface area contributed by atoms with Crippen LogP contribution in [0.4, 0.5) is 5.82 Å². The summed E-state index contributed by atoms with van der Waals surface area (Å²) in [6.45, 7) is 16.1. The minimum Gasteiger partial charge on any atom is -0.417 e. The number of fused-ring (bicyclic) bond motifs is 1. The lowest BCUT2D eigenvalue weighted by molar-refractivity contribution is 0.100. The molecule has 0 aliphatic rings. The number of aromatic nitrogens is 3. The van der Waals surface area contributed by atoms with E-state index in [0.717, 1.165) is 28.5 Å². The molecule has 7 heteroatoms. The van der Waals surface area contributed by atoms with Gasteiger partial charge in [-0.25, -0.2) is 9.97 Å². The molecule has 3 aromatic rings. The van der Waals surface area contributed by atoms with Crippen LogP contribution in [0.1, 0.15) is 50.2 Å². The molecule has 0 atom stereocenters. The van der Waals surface area contributed by atoms with Crippen LogP contribution in [-0.2, 0) is 11.0 Å². The van der Waals surface area contributed by atoms with E-state index in [4.69, 9.17) is 10.2 Å². The molecule has 31 heavy (non-hydrogen) atoms. The molecule has 2 N–H and O–H groups in total. The Morgan fingerprint density at radius 3 is 2.39 bits per heavy atom. The third-order valence-corrected chi connectivity index (χ3v) is 10.9. The Labute approximate surface area is 186 Å². The van der Waals surface area contributed by atoms with Crippen molar-refractivity contribution < 1.29 is 9.22 Å². The summed E-state index contributed by atoms with van der Waals surface area (Å²) in [5, 5.41) is 0.903. The van der Waals surface area contributed by atoms with Gasteiger partial charge in [-0.3, -0.25) is 4.79 Å². The summed E-state index contributed by atoms with van der Waals surface area (Å²) in [5.74, 6) is 0.373. The number of hydrogen-bond acceptors (Lipinski definition) is 5. The van der Waals surface area contributed by atoms with Gasteiger partial charge >= 0.3 is 0 Å². The minimum atomic E-state index is -1.82. The average molecular weight is 439 g/mol. The zero-order chi connectivity index (χ0) is 23.0. The molecule has 1 aromatic carbocycles. The lowest BCUT2D eigenvalue weighted by Gasteiger charge is -2.36. The average Bonchev–Trinajstić information content (AvgIpc) is 3.01. The fourth-order valence-corrected chi connectivity index (χ4v) is 4.63. The van der Waals surface area contributed by atoms with Crippen molar-refractivity contribution in [2.75, 3.05) is 12.3 Å². The number of nitrogens with zero attached hydrogens (tertiary/aromatic N) is 3. The van der Waals surface area contributed by atoms with Gasteiger partial charge in [-0.05, 0) is 37.0 Å².